The first-order valence-corrected chi connectivity index (χ1v) is 11.1. The zero-order chi connectivity index (χ0) is 24.3. The van der Waals surface area contributed by atoms with Crippen LogP contribution in [0.4, 0.5) is 13.2 Å². The average Bonchev–Trinajstić information content (AvgIpc) is 3.15. The summed E-state index contributed by atoms with van der Waals surface area (Å²) in [7, 11) is 0. The molecule has 33 heavy (non-hydrogen) atoms. The molecule has 0 amide bonds. The van der Waals surface area contributed by atoms with E-state index >= 15 is 0 Å². The van der Waals surface area contributed by atoms with E-state index in [0.29, 0.717) is 53.9 Å². The van der Waals surface area contributed by atoms with Gasteiger partial charge in [0.2, 0.25) is 0 Å². The molecule has 8 heteroatoms. The van der Waals surface area contributed by atoms with E-state index in [9.17, 15) is 23.1 Å². The first-order valence-electron chi connectivity index (χ1n) is 11.1. The standard InChI is InChI=1S/C25H28F3NO4/c1-5-7-17-11-19-23(33-29-24(19)25(26,27)28)18(8-6-2)22(17)32-20-12-15(14(3)4)9-10-16(20)13-21(30)31/h9-12,14H,5-8,13H2,1-4H3,(H,30,31). The van der Waals surface area contributed by atoms with Gasteiger partial charge in [0.05, 0.1) is 11.8 Å². The van der Waals surface area contributed by atoms with Crippen molar-refractivity contribution in [1.29, 1.82) is 0 Å². The number of nitrogens with zero attached hydrogens (tertiary/aromatic N) is 1. The Morgan fingerprint density at radius 3 is 2.39 bits per heavy atom. The summed E-state index contributed by atoms with van der Waals surface area (Å²) in [5.74, 6) is -0.0143. The van der Waals surface area contributed by atoms with Gasteiger partial charge in [0, 0.05) is 11.1 Å². The van der Waals surface area contributed by atoms with Crippen molar-refractivity contribution in [1.82, 2.24) is 5.16 Å². The highest BCUT2D eigenvalue weighted by Crippen LogP contribution is 2.42. The molecule has 0 fully saturated rings. The maximum Gasteiger partial charge on any atom is 0.437 e. The fourth-order valence-electron chi connectivity index (χ4n) is 3.89. The van der Waals surface area contributed by atoms with Crippen molar-refractivity contribution in [2.45, 2.75) is 71.9 Å². The number of ether oxygens (including phenoxy) is 1. The maximum absolute atomic E-state index is 13.5. The molecule has 0 unspecified atom stereocenters. The molecule has 5 nitrogen and oxygen atoms in total. The van der Waals surface area contributed by atoms with Gasteiger partial charge in [-0.3, -0.25) is 4.79 Å². The summed E-state index contributed by atoms with van der Waals surface area (Å²) in [5.41, 5.74) is 1.58. The first kappa shape index (κ1) is 24.6. The lowest BCUT2D eigenvalue weighted by Gasteiger charge is -2.19. The summed E-state index contributed by atoms with van der Waals surface area (Å²) in [4.78, 5) is 11.4. The van der Waals surface area contributed by atoms with Crippen LogP contribution in [0, 0.1) is 0 Å². The summed E-state index contributed by atoms with van der Waals surface area (Å²) in [6.45, 7) is 7.87. The number of alkyl halides is 3. The summed E-state index contributed by atoms with van der Waals surface area (Å²) < 4.78 is 52.1. The number of aliphatic carboxylic acids is 1. The third-order valence-corrected chi connectivity index (χ3v) is 5.49. The number of rotatable bonds is 9. The van der Waals surface area contributed by atoms with Crippen molar-refractivity contribution < 1.29 is 32.3 Å². The molecule has 0 aliphatic carbocycles. The lowest BCUT2D eigenvalue weighted by Crippen LogP contribution is -2.07. The molecule has 0 saturated carbocycles. The predicted molar refractivity (Wildman–Crippen MR) is 119 cm³/mol. The van der Waals surface area contributed by atoms with Crippen LogP contribution in [-0.4, -0.2) is 16.2 Å². The number of carbonyl (C=O) groups is 1. The van der Waals surface area contributed by atoms with Crippen LogP contribution < -0.4 is 4.74 Å². The molecule has 1 aromatic heterocycles. The molecular weight excluding hydrogens is 435 g/mol. The number of hydrogen-bond acceptors (Lipinski definition) is 4. The molecule has 0 aliphatic heterocycles. The van der Waals surface area contributed by atoms with Crippen LogP contribution in [-0.2, 0) is 30.2 Å². The first-order chi connectivity index (χ1) is 15.6. The highest BCUT2D eigenvalue weighted by Gasteiger charge is 2.38. The third-order valence-electron chi connectivity index (χ3n) is 5.49. The van der Waals surface area contributed by atoms with Gasteiger partial charge in [-0.2, -0.15) is 13.2 Å². The molecule has 0 radical (unpaired) electrons. The van der Waals surface area contributed by atoms with Gasteiger partial charge in [-0.05, 0) is 42.0 Å². The molecule has 0 aliphatic rings. The van der Waals surface area contributed by atoms with Crippen LogP contribution in [0.5, 0.6) is 11.5 Å². The van der Waals surface area contributed by atoms with E-state index in [1.54, 1.807) is 12.1 Å². The van der Waals surface area contributed by atoms with Crippen LogP contribution in [0.15, 0.2) is 28.8 Å². The lowest BCUT2D eigenvalue weighted by atomic mass is 9.97. The molecule has 0 spiro atoms. The quantitative estimate of drug-likeness (QED) is 0.361. The number of halogens is 3. The molecule has 178 valence electrons. The fourth-order valence-corrected chi connectivity index (χ4v) is 3.89. The number of hydrogen-bond donors (Lipinski definition) is 1. The van der Waals surface area contributed by atoms with Crippen LogP contribution in [0.2, 0.25) is 0 Å². The van der Waals surface area contributed by atoms with Crippen LogP contribution in [0.25, 0.3) is 11.0 Å². The van der Waals surface area contributed by atoms with Gasteiger partial charge in [-0.25, -0.2) is 0 Å². The number of aromatic nitrogens is 1. The fraction of sp³-hybridized carbons (Fsp3) is 0.440. The van der Waals surface area contributed by atoms with Gasteiger partial charge in [0.25, 0.3) is 0 Å². The van der Waals surface area contributed by atoms with Gasteiger partial charge < -0.3 is 14.4 Å². The van der Waals surface area contributed by atoms with Crippen molar-refractivity contribution in [2.24, 2.45) is 0 Å². The molecule has 3 aromatic rings. The molecule has 0 saturated heterocycles. The summed E-state index contributed by atoms with van der Waals surface area (Å²) in [6.07, 6.45) is -2.62. The zero-order valence-electron chi connectivity index (χ0n) is 19.2. The molecular formula is C25H28F3NO4. The van der Waals surface area contributed by atoms with Crippen molar-refractivity contribution in [3.8, 4) is 11.5 Å². The summed E-state index contributed by atoms with van der Waals surface area (Å²) >= 11 is 0. The number of aryl methyl sites for hydroxylation is 2. The van der Waals surface area contributed by atoms with Gasteiger partial charge in [-0.15, -0.1) is 0 Å². The topological polar surface area (TPSA) is 72.6 Å². The molecule has 0 bridgehead atoms. The number of carboxylic acids is 1. The van der Waals surface area contributed by atoms with Gasteiger partial charge >= 0.3 is 12.1 Å². The Morgan fingerprint density at radius 2 is 1.82 bits per heavy atom. The number of benzene rings is 2. The average molecular weight is 463 g/mol. The van der Waals surface area contributed by atoms with Crippen LogP contribution in [0.1, 0.15) is 74.4 Å². The largest absolute Gasteiger partial charge is 0.481 e. The second-order valence-electron chi connectivity index (χ2n) is 8.44. The van der Waals surface area contributed by atoms with E-state index in [1.165, 1.54) is 6.07 Å². The van der Waals surface area contributed by atoms with Crippen molar-refractivity contribution in [3.05, 3.63) is 52.2 Å². The third kappa shape index (κ3) is 5.31. The van der Waals surface area contributed by atoms with Crippen molar-refractivity contribution in [3.63, 3.8) is 0 Å². The van der Waals surface area contributed by atoms with Crippen molar-refractivity contribution >= 4 is 16.9 Å². The Morgan fingerprint density at radius 1 is 1.12 bits per heavy atom. The minimum absolute atomic E-state index is 0.0545. The highest BCUT2D eigenvalue weighted by molar-refractivity contribution is 5.86. The molecule has 1 N–H and O–H groups in total. The Balaban J connectivity index is 2.26. The minimum atomic E-state index is -4.64. The minimum Gasteiger partial charge on any atom is -0.481 e. The summed E-state index contributed by atoms with van der Waals surface area (Å²) in [6, 6.07) is 6.84. The monoisotopic (exact) mass is 463 g/mol. The predicted octanol–water partition coefficient (Wildman–Crippen LogP) is 7.29. The maximum atomic E-state index is 13.5. The van der Waals surface area contributed by atoms with Gasteiger partial charge in [0.1, 0.15) is 11.5 Å². The normalized spacial score (nSPS) is 12.0. The van der Waals surface area contributed by atoms with Crippen LogP contribution >= 0.6 is 0 Å². The molecule has 2 aromatic carbocycles. The lowest BCUT2D eigenvalue weighted by molar-refractivity contribution is -0.141. The highest BCUT2D eigenvalue weighted by atomic mass is 19.4. The second kappa shape index (κ2) is 9.85. The Hall–Kier alpha value is -3.03. The molecule has 0 atom stereocenters. The second-order valence-corrected chi connectivity index (χ2v) is 8.44. The van der Waals surface area contributed by atoms with Crippen molar-refractivity contribution in [2.75, 3.05) is 0 Å². The van der Waals surface area contributed by atoms with Crippen LogP contribution in [0.3, 0.4) is 0 Å². The number of carboxylic acid groups (broad SMARTS) is 1. The number of fused-ring (bicyclic) bond motifs is 1. The smallest absolute Gasteiger partial charge is 0.437 e. The Bertz CT molecular complexity index is 1150. The van der Waals surface area contributed by atoms with E-state index in [4.69, 9.17) is 9.26 Å². The van der Waals surface area contributed by atoms with Gasteiger partial charge in [-0.1, -0.05) is 57.8 Å². The molecule has 3 rings (SSSR count). The van der Waals surface area contributed by atoms with E-state index in [2.05, 4.69) is 5.16 Å². The van der Waals surface area contributed by atoms with E-state index in [1.807, 2.05) is 33.8 Å². The Kier molecular flexibility index (Phi) is 7.34. The molecule has 1 heterocycles. The van der Waals surface area contributed by atoms with E-state index in [-0.39, 0.29) is 23.3 Å². The van der Waals surface area contributed by atoms with E-state index < -0.39 is 17.8 Å². The summed E-state index contributed by atoms with van der Waals surface area (Å²) in [5, 5.41) is 12.6. The SMILES string of the molecule is CCCc1cc2c(C(F)(F)F)noc2c(CCC)c1Oc1cc(C(C)C)ccc1CC(=O)O. The Labute approximate surface area is 190 Å². The van der Waals surface area contributed by atoms with Gasteiger partial charge in [0.15, 0.2) is 11.3 Å². The van der Waals surface area contributed by atoms with E-state index in [0.717, 1.165) is 5.56 Å². The zero-order valence-corrected chi connectivity index (χ0v) is 19.2.